The van der Waals surface area contributed by atoms with Gasteiger partial charge in [0.2, 0.25) is 0 Å². The van der Waals surface area contributed by atoms with Gasteiger partial charge >= 0.3 is 6.09 Å². The zero-order valence-corrected chi connectivity index (χ0v) is 13.1. The standard InChI is InChI=1S/C13H13N7O2S/c1-7-15-12(20-19-7)18-13(21)22-10-11(23-8(2)16-10)17-9-4-3-5-14-6-9/h3-6,17H,1-2H3,(H2,15,18,19,20,21). The second-order valence-corrected chi connectivity index (χ2v) is 5.70. The van der Waals surface area contributed by atoms with E-state index >= 15 is 0 Å². The summed E-state index contributed by atoms with van der Waals surface area (Å²) in [6.07, 6.45) is 2.62. The van der Waals surface area contributed by atoms with Crippen molar-refractivity contribution in [3.63, 3.8) is 0 Å². The van der Waals surface area contributed by atoms with E-state index in [0.717, 1.165) is 10.7 Å². The summed E-state index contributed by atoms with van der Waals surface area (Å²) in [7, 11) is 0. The minimum absolute atomic E-state index is 0.140. The van der Waals surface area contributed by atoms with Gasteiger partial charge < -0.3 is 10.1 Å². The molecular weight excluding hydrogens is 318 g/mol. The summed E-state index contributed by atoms with van der Waals surface area (Å²) in [5.41, 5.74) is 0.769. The van der Waals surface area contributed by atoms with Crippen LogP contribution in [0.3, 0.4) is 0 Å². The van der Waals surface area contributed by atoms with Crippen molar-refractivity contribution in [3.8, 4) is 5.88 Å². The zero-order chi connectivity index (χ0) is 16.2. The number of aromatic amines is 1. The number of pyridine rings is 1. The van der Waals surface area contributed by atoms with Gasteiger partial charge in [-0.3, -0.25) is 15.4 Å². The third kappa shape index (κ3) is 3.80. The number of H-pyrrole nitrogens is 1. The Morgan fingerprint density at radius 1 is 1.35 bits per heavy atom. The molecule has 23 heavy (non-hydrogen) atoms. The van der Waals surface area contributed by atoms with E-state index in [1.54, 1.807) is 25.4 Å². The van der Waals surface area contributed by atoms with Gasteiger partial charge in [0.1, 0.15) is 5.82 Å². The van der Waals surface area contributed by atoms with Crippen LogP contribution in [0.25, 0.3) is 0 Å². The minimum atomic E-state index is -0.719. The van der Waals surface area contributed by atoms with E-state index < -0.39 is 6.09 Å². The number of hydrogen-bond donors (Lipinski definition) is 3. The summed E-state index contributed by atoms with van der Waals surface area (Å²) >= 11 is 1.37. The van der Waals surface area contributed by atoms with Gasteiger partial charge in [0.25, 0.3) is 11.8 Å². The number of carbonyl (C=O) groups is 1. The molecule has 0 aromatic carbocycles. The first-order valence-corrected chi connectivity index (χ1v) is 7.44. The fraction of sp³-hybridized carbons (Fsp3) is 0.154. The Kier molecular flexibility index (Phi) is 4.15. The highest BCUT2D eigenvalue weighted by Crippen LogP contribution is 2.33. The highest BCUT2D eigenvalue weighted by atomic mass is 32.1. The average Bonchev–Trinajstić information content (AvgIpc) is 3.06. The van der Waals surface area contributed by atoms with Crippen molar-refractivity contribution in [1.82, 2.24) is 25.1 Å². The van der Waals surface area contributed by atoms with E-state index in [-0.39, 0.29) is 11.8 Å². The molecule has 118 valence electrons. The van der Waals surface area contributed by atoms with E-state index in [2.05, 4.69) is 35.8 Å². The molecule has 0 spiro atoms. The molecule has 1 amide bonds. The molecule has 3 rings (SSSR count). The number of hydrogen-bond acceptors (Lipinski definition) is 8. The number of amides is 1. The summed E-state index contributed by atoms with van der Waals surface area (Å²) in [4.78, 5) is 24.1. The number of anilines is 3. The number of aryl methyl sites for hydroxylation is 2. The van der Waals surface area contributed by atoms with E-state index in [4.69, 9.17) is 4.74 Å². The average molecular weight is 331 g/mol. The van der Waals surface area contributed by atoms with Crippen molar-refractivity contribution in [2.45, 2.75) is 13.8 Å². The van der Waals surface area contributed by atoms with Crippen LogP contribution in [0.2, 0.25) is 0 Å². The Morgan fingerprint density at radius 3 is 2.91 bits per heavy atom. The van der Waals surface area contributed by atoms with E-state index in [1.165, 1.54) is 11.3 Å². The molecule has 3 heterocycles. The van der Waals surface area contributed by atoms with Gasteiger partial charge in [0.05, 0.1) is 16.9 Å². The summed E-state index contributed by atoms with van der Waals surface area (Å²) in [6, 6.07) is 3.65. The molecule has 0 unspecified atom stereocenters. The van der Waals surface area contributed by atoms with Crippen molar-refractivity contribution < 1.29 is 9.53 Å². The van der Waals surface area contributed by atoms with Crippen molar-refractivity contribution in [3.05, 3.63) is 35.4 Å². The minimum Gasteiger partial charge on any atom is -0.388 e. The number of aromatic nitrogens is 5. The predicted octanol–water partition coefficient (Wildman–Crippen LogP) is 2.63. The zero-order valence-electron chi connectivity index (χ0n) is 12.3. The SMILES string of the molecule is Cc1nc(NC(=O)Oc2nc(C)sc2Nc2cccnc2)n[nH]1. The lowest BCUT2D eigenvalue weighted by Gasteiger charge is -2.06. The van der Waals surface area contributed by atoms with Crippen molar-refractivity contribution in [2.75, 3.05) is 10.6 Å². The maximum Gasteiger partial charge on any atom is 0.420 e. The second kappa shape index (κ2) is 6.40. The molecule has 3 N–H and O–H groups in total. The number of thiazole rings is 1. The Balaban J connectivity index is 1.71. The Bertz CT molecular complexity index is 815. The highest BCUT2D eigenvalue weighted by molar-refractivity contribution is 7.16. The van der Waals surface area contributed by atoms with Gasteiger partial charge in [0.15, 0.2) is 5.00 Å². The van der Waals surface area contributed by atoms with Gasteiger partial charge in [-0.2, -0.15) is 4.98 Å². The molecule has 0 aliphatic carbocycles. The van der Waals surface area contributed by atoms with Gasteiger partial charge in [-0.1, -0.05) is 11.3 Å². The largest absolute Gasteiger partial charge is 0.420 e. The number of nitrogens with zero attached hydrogens (tertiary/aromatic N) is 4. The molecule has 0 saturated carbocycles. The van der Waals surface area contributed by atoms with Crippen LogP contribution in [0, 0.1) is 13.8 Å². The number of carbonyl (C=O) groups excluding carboxylic acids is 1. The smallest absolute Gasteiger partial charge is 0.388 e. The second-order valence-electron chi connectivity index (χ2n) is 4.49. The lowest BCUT2D eigenvalue weighted by atomic mass is 10.4. The molecule has 0 fully saturated rings. The summed E-state index contributed by atoms with van der Waals surface area (Å²) < 4.78 is 5.22. The normalized spacial score (nSPS) is 10.3. The number of ether oxygens (including phenoxy) is 1. The van der Waals surface area contributed by atoms with Crippen LogP contribution in [0.4, 0.5) is 21.4 Å². The summed E-state index contributed by atoms with van der Waals surface area (Å²) in [5, 5.41) is 13.3. The van der Waals surface area contributed by atoms with Crippen LogP contribution in [0.5, 0.6) is 5.88 Å². The first-order chi connectivity index (χ1) is 11.1. The molecule has 0 aliphatic rings. The summed E-state index contributed by atoms with van der Waals surface area (Å²) in [5.74, 6) is 0.908. The van der Waals surface area contributed by atoms with Gasteiger partial charge in [0, 0.05) is 6.20 Å². The molecule has 3 aromatic heterocycles. The molecule has 0 saturated heterocycles. The third-order valence-electron chi connectivity index (χ3n) is 2.62. The van der Waals surface area contributed by atoms with Crippen molar-refractivity contribution in [2.24, 2.45) is 0 Å². The van der Waals surface area contributed by atoms with Crippen LogP contribution < -0.4 is 15.4 Å². The van der Waals surface area contributed by atoms with E-state index in [0.29, 0.717) is 10.8 Å². The lowest BCUT2D eigenvalue weighted by molar-refractivity contribution is 0.213. The van der Waals surface area contributed by atoms with Crippen LogP contribution >= 0.6 is 11.3 Å². The first kappa shape index (κ1) is 14.9. The molecule has 10 heteroatoms. The monoisotopic (exact) mass is 331 g/mol. The molecule has 0 atom stereocenters. The number of nitrogens with one attached hydrogen (secondary N) is 3. The lowest BCUT2D eigenvalue weighted by Crippen LogP contribution is -2.18. The Hall–Kier alpha value is -3.01. The molecular formula is C13H13N7O2S. The van der Waals surface area contributed by atoms with Gasteiger partial charge in [-0.15, -0.1) is 5.10 Å². The first-order valence-electron chi connectivity index (χ1n) is 6.62. The van der Waals surface area contributed by atoms with E-state index in [1.807, 2.05) is 13.0 Å². The van der Waals surface area contributed by atoms with Gasteiger partial charge in [-0.05, 0) is 26.0 Å². The predicted molar refractivity (Wildman–Crippen MR) is 85.1 cm³/mol. The fourth-order valence-electron chi connectivity index (χ4n) is 1.73. The van der Waals surface area contributed by atoms with Gasteiger partial charge in [-0.25, -0.2) is 9.78 Å². The van der Waals surface area contributed by atoms with Crippen LogP contribution in [-0.4, -0.2) is 31.2 Å². The Morgan fingerprint density at radius 2 is 2.22 bits per heavy atom. The fourth-order valence-corrected chi connectivity index (χ4v) is 2.49. The maximum atomic E-state index is 11.9. The molecule has 9 nitrogen and oxygen atoms in total. The topological polar surface area (TPSA) is 118 Å². The van der Waals surface area contributed by atoms with Crippen LogP contribution in [0.15, 0.2) is 24.5 Å². The van der Waals surface area contributed by atoms with Crippen molar-refractivity contribution >= 4 is 34.1 Å². The summed E-state index contributed by atoms with van der Waals surface area (Å²) in [6.45, 7) is 3.55. The Labute approximate surface area is 135 Å². The van der Waals surface area contributed by atoms with Crippen LogP contribution in [-0.2, 0) is 0 Å². The number of rotatable bonds is 4. The van der Waals surface area contributed by atoms with E-state index in [9.17, 15) is 4.79 Å². The molecule has 0 radical (unpaired) electrons. The maximum absolute atomic E-state index is 11.9. The quantitative estimate of drug-likeness (QED) is 0.672. The molecule has 0 aliphatic heterocycles. The molecule has 0 bridgehead atoms. The van der Waals surface area contributed by atoms with Crippen molar-refractivity contribution in [1.29, 1.82) is 0 Å². The molecule has 3 aromatic rings. The van der Waals surface area contributed by atoms with Crippen LogP contribution in [0.1, 0.15) is 10.8 Å². The third-order valence-corrected chi connectivity index (χ3v) is 3.49. The highest BCUT2D eigenvalue weighted by Gasteiger charge is 2.16.